The lowest BCUT2D eigenvalue weighted by Gasteiger charge is -2.35. The minimum atomic E-state index is -1.14. The maximum Gasteiger partial charge on any atom is 0.254 e. The highest BCUT2D eigenvalue weighted by atomic mass is 16.3. The van der Waals surface area contributed by atoms with Crippen LogP contribution >= 0.6 is 0 Å². The molecule has 7 nitrogen and oxygen atoms in total. The third-order valence-electron chi connectivity index (χ3n) is 9.90. The molecule has 0 aromatic heterocycles. The molecule has 2 aliphatic heterocycles. The number of carbonyl (C=O) groups excluding carboxylic acids is 2. The summed E-state index contributed by atoms with van der Waals surface area (Å²) < 4.78 is 0. The number of nitrogens with zero attached hydrogens (tertiary/aromatic N) is 3. The summed E-state index contributed by atoms with van der Waals surface area (Å²) in [6.45, 7) is 1.96. The molecule has 1 atom stereocenters. The molecule has 5 aliphatic rings. The molecule has 1 unspecified atom stereocenters. The van der Waals surface area contributed by atoms with E-state index < -0.39 is 5.60 Å². The number of piperazine rings is 1. The van der Waals surface area contributed by atoms with Gasteiger partial charge in [0.25, 0.3) is 11.8 Å². The molecule has 7 rings (SSSR count). The van der Waals surface area contributed by atoms with Gasteiger partial charge in [-0.1, -0.05) is 50.3 Å². The molecule has 2 aromatic rings. The molecule has 7 heteroatoms. The Morgan fingerprint density at radius 3 is 2.05 bits per heavy atom. The Kier molecular flexibility index (Phi) is 6.83. The Bertz CT molecular complexity index is 1250. The lowest BCUT2D eigenvalue weighted by molar-refractivity contribution is -0.143. The van der Waals surface area contributed by atoms with Gasteiger partial charge in [0.2, 0.25) is 0 Å². The molecule has 40 heavy (non-hydrogen) atoms. The van der Waals surface area contributed by atoms with E-state index in [1.807, 2.05) is 17.0 Å². The number of hydrogen-bond acceptors (Lipinski definition) is 5. The van der Waals surface area contributed by atoms with Gasteiger partial charge in [0.15, 0.2) is 0 Å². The van der Waals surface area contributed by atoms with Crippen LogP contribution in [0.5, 0.6) is 0 Å². The Labute approximate surface area is 237 Å². The second kappa shape index (κ2) is 10.5. The molecule has 2 heterocycles. The van der Waals surface area contributed by atoms with Crippen LogP contribution in [0.3, 0.4) is 0 Å². The Balaban J connectivity index is 1.05. The first-order valence-corrected chi connectivity index (χ1v) is 15.6. The van der Waals surface area contributed by atoms with Gasteiger partial charge in [0, 0.05) is 37.8 Å². The first kappa shape index (κ1) is 26.0. The van der Waals surface area contributed by atoms with Gasteiger partial charge in [-0.25, -0.2) is 5.01 Å². The lowest BCUT2D eigenvalue weighted by atomic mass is 9.82. The van der Waals surface area contributed by atoms with Gasteiger partial charge in [-0.3, -0.25) is 9.59 Å². The van der Waals surface area contributed by atoms with Crippen LogP contribution < -0.4 is 5.43 Å². The predicted molar refractivity (Wildman–Crippen MR) is 156 cm³/mol. The minimum absolute atomic E-state index is 0.00589. The van der Waals surface area contributed by atoms with Crippen molar-refractivity contribution in [3.63, 3.8) is 0 Å². The second-order valence-corrected chi connectivity index (χ2v) is 12.8. The van der Waals surface area contributed by atoms with Crippen LogP contribution in [-0.4, -0.2) is 69.6 Å². The van der Waals surface area contributed by atoms with Gasteiger partial charge in [-0.05, 0) is 85.4 Å². The smallest absolute Gasteiger partial charge is 0.254 e. The Hall–Kier alpha value is -2.90. The number of amides is 2. The third kappa shape index (κ3) is 5.03. The van der Waals surface area contributed by atoms with Crippen LogP contribution in [0.15, 0.2) is 42.5 Å². The van der Waals surface area contributed by atoms with E-state index in [1.165, 1.54) is 74.6 Å². The fraction of sp³-hybridized carbons (Fsp3) is 0.576. The van der Waals surface area contributed by atoms with E-state index in [-0.39, 0.29) is 11.8 Å². The largest absolute Gasteiger partial charge is 0.380 e. The number of carbonyl (C=O) groups is 2. The minimum Gasteiger partial charge on any atom is -0.380 e. The van der Waals surface area contributed by atoms with E-state index in [4.69, 9.17) is 0 Å². The topological polar surface area (TPSA) is 76.1 Å². The Morgan fingerprint density at radius 2 is 1.40 bits per heavy atom. The molecule has 212 valence electrons. The van der Waals surface area contributed by atoms with Crippen molar-refractivity contribution in [1.82, 2.24) is 14.8 Å². The first-order chi connectivity index (χ1) is 19.5. The van der Waals surface area contributed by atoms with Crippen LogP contribution in [0.2, 0.25) is 0 Å². The van der Waals surface area contributed by atoms with Gasteiger partial charge in [0.05, 0.1) is 11.7 Å². The van der Waals surface area contributed by atoms with E-state index in [9.17, 15) is 14.7 Å². The number of rotatable bonds is 5. The van der Waals surface area contributed by atoms with Crippen molar-refractivity contribution >= 4 is 17.5 Å². The van der Waals surface area contributed by atoms with Crippen molar-refractivity contribution < 1.29 is 14.7 Å². The molecule has 1 saturated heterocycles. The quantitative estimate of drug-likeness (QED) is 0.531. The van der Waals surface area contributed by atoms with Gasteiger partial charge < -0.3 is 20.3 Å². The fourth-order valence-electron chi connectivity index (χ4n) is 7.13. The monoisotopic (exact) mass is 542 g/mol. The number of nitrogens with one attached hydrogen (secondary N) is 1. The van der Waals surface area contributed by atoms with Crippen LogP contribution in [0, 0.1) is 5.92 Å². The summed E-state index contributed by atoms with van der Waals surface area (Å²) in [5.41, 5.74) is 8.37. The zero-order valence-electron chi connectivity index (χ0n) is 23.5. The molecule has 2 amide bonds. The summed E-state index contributed by atoms with van der Waals surface area (Å²) in [7, 11) is 0. The van der Waals surface area contributed by atoms with Gasteiger partial charge in [-0.2, -0.15) is 0 Å². The van der Waals surface area contributed by atoms with Gasteiger partial charge >= 0.3 is 0 Å². The zero-order chi connectivity index (χ0) is 27.3. The van der Waals surface area contributed by atoms with Crippen molar-refractivity contribution in [3.8, 4) is 11.1 Å². The molecular weight excluding hydrogens is 500 g/mol. The summed E-state index contributed by atoms with van der Waals surface area (Å²) in [4.78, 5) is 29.2. The summed E-state index contributed by atoms with van der Waals surface area (Å²) in [6.07, 6.45) is 13.1. The molecule has 3 saturated carbocycles. The maximum atomic E-state index is 13.2. The summed E-state index contributed by atoms with van der Waals surface area (Å²) >= 11 is 0. The Morgan fingerprint density at radius 1 is 0.775 bits per heavy atom. The molecule has 0 bridgehead atoms. The number of fused-ring (bicyclic) bond motifs is 1. The number of hydrazine groups is 1. The van der Waals surface area contributed by atoms with Crippen LogP contribution in [0.25, 0.3) is 11.1 Å². The maximum absolute atomic E-state index is 13.2. The third-order valence-corrected chi connectivity index (χ3v) is 9.90. The standard InChI is InChI=1S/C33H42N4O3/c38-31(35-18-20-36(21-19-35)32(39)33(40)16-17-33)25-10-8-23(9-11-25)26-12-15-29-28(22-26)30(37(34-29)27-13-14-27)24-6-4-2-1-3-5-7-24/h8-12,15,22,24,27,30,34,40H,1-7,13-14,16-21H2. The average Bonchev–Trinajstić information content (AvgIpc) is 3.91. The van der Waals surface area contributed by atoms with Crippen LogP contribution in [0.1, 0.15) is 92.6 Å². The summed E-state index contributed by atoms with van der Waals surface area (Å²) in [6, 6.07) is 16.0. The van der Waals surface area contributed by atoms with Crippen molar-refractivity contribution in [1.29, 1.82) is 0 Å². The predicted octanol–water partition coefficient (Wildman–Crippen LogP) is 5.37. The highest BCUT2D eigenvalue weighted by Gasteiger charge is 2.50. The van der Waals surface area contributed by atoms with E-state index in [0.29, 0.717) is 62.6 Å². The summed E-state index contributed by atoms with van der Waals surface area (Å²) in [5.74, 6) is 0.532. The average molecular weight is 543 g/mol. The number of anilines is 1. The van der Waals surface area contributed by atoms with E-state index in [2.05, 4.69) is 40.8 Å². The molecule has 2 N–H and O–H groups in total. The zero-order valence-corrected chi connectivity index (χ0v) is 23.5. The van der Waals surface area contributed by atoms with E-state index in [0.717, 1.165) is 5.56 Å². The second-order valence-electron chi connectivity index (χ2n) is 12.8. The molecule has 4 fully saturated rings. The van der Waals surface area contributed by atoms with Crippen LogP contribution in [-0.2, 0) is 4.79 Å². The number of benzene rings is 2. The van der Waals surface area contributed by atoms with E-state index in [1.54, 1.807) is 4.90 Å². The molecule has 0 spiro atoms. The van der Waals surface area contributed by atoms with Crippen molar-refractivity contribution in [3.05, 3.63) is 53.6 Å². The normalized spacial score (nSPS) is 25.1. The summed E-state index contributed by atoms with van der Waals surface area (Å²) in [5, 5.41) is 12.7. The highest BCUT2D eigenvalue weighted by molar-refractivity contribution is 5.95. The molecule has 2 aromatic carbocycles. The first-order valence-electron chi connectivity index (χ1n) is 15.6. The number of hydrogen-bond donors (Lipinski definition) is 2. The van der Waals surface area contributed by atoms with Crippen molar-refractivity contribution in [2.75, 3.05) is 31.6 Å². The van der Waals surface area contributed by atoms with Crippen LogP contribution in [0.4, 0.5) is 5.69 Å². The molecule has 0 radical (unpaired) electrons. The molecule has 3 aliphatic carbocycles. The van der Waals surface area contributed by atoms with Gasteiger partial charge in [-0.15, -0.1) is 0 Å². The molecular formula is C33H42N4O3. The SMILES string of the molecule is O=C(c1ccc(-c2ccc3c(c2)C(C2CCCCCCC2)N(C2CC2)N3)cc1)N1CCN(C(=O)C2(O)CC2)CC1. The van der Waals surface area contributed by atoms with E-state index >= 15 is 0 Å². The highest BCUT2D eigenvalue weighted by Crippen LogP contribution is 2.49. The van der Waals surface area contributed by atoms with Crippen molar-refractivity contribution in [2.45, 2.75) is 88.3 Å². The van der Waals surface area contributed by atoms with Crippen molar-refractivity contribution in [2.24, 2.45) is 5.92 Å². The fourth-order valence-corrected chi connectivity index (χ4v) is 7.13. The lowest BCUT2D eigenvalue weighted by Crippen LogP contribution is -2.53. The number of aliphatic hydroxyl groups is 1. The van der Waals surface area contributed by atoms with Gasteiger partial charge in [0.1, 0.15) is 5.60 Å².